The predicted molar refractivity (Wildman–Crippen MR) is 243 cm³/mol. The Morgan fingerprint density at radius 2 is 1.53 bits per heavy atom. The lowest BCUT2D eigenvalue weighted by atomic mass is 9.99. The Kier molecular flexibility index (Phi) is 14.1. The average Bonchev–Trinajstić information content (AvgIpc) is 3.58. The van der Waals surface area contributed by atoms with Crippen molar-refractivity contribution in [3.8, 4) is 11.1 Å². The first-order valence-corrected chi connectivity index (χ1v) is 23.2. The molecule has 2 aliphatic rings. The lowest BCUT2D eigenvalue weighted by molar-refractivity contribution is -0.384. The number of likely N-dealkylation sites (tertiary alicyclic amines) is 1. The van der Waals surface area contributed by atoms with Gasteiger partial charge in [0, 0.05) is 90.4 Å². The lowest BCUT2D eigenvalue weighted by Gasteiger charge is -2.36. The van der Waals surface area contributed by atoms with Crippen LogP contribution in [0.5, 0.6) is 0 Å². The molecule has 5 aromatic carbocycles. The summed E-state index contributed by atoms with van der Waals surface area (Å²) in [7, 11) is -4.44. The number of carbonyl (C=O) groups excluding carboxylic acids is 1. The number of nitro groups is 1. The van der Waals surface area contributed by atoms with Crippen molar-refractivity contribution in [2.45, 2.75) is 67.6 Å². The molecule has 2 aliphatic heterocycles. The van der Waals surface area contributed by atoms with E-state index in [1.54, 1.807) is 23.9 Å². The highest BCUT2D eigenvalue weighted by molar-refractivity contribution is 7.99. The lowest BCUT2D eigenvalue weighted by Crippen LogP contribution is -2.46. The number of nitrogens with one attached hydrogen (secondary N) is 2. The second kappa shape index (κ2) is 19.6. The summed E-state index contributed by atoms with van der Waals surface area (Å²) in [6.45, 7) is 9.39. The zero-order valence-electron chi connectivity index (χ0n) is 33.9. The van der Waals surface area contributed by atoms with Crippen molar-refractivity contribution in [2.75, 3.05) is 48.7 Å². The number of benzene rings is 5. The summed E-state index contributed by atoms with van der Waals surface area (Å²) in [6.07, 6.45) is 3.03. The number of hydrogen-bond donors (Lipinski definition) is 2. The number of carbonyl (C=O) groups is 1. The third-order valence-electron chi connectivity index (χ3n) is 11.6. The van der Waals surface area contributed by atoms with E-state index in [0.717, 1.165) is 80.7 Å². The molecule has 0 saturated carbocycles. The molecule has 60 heavy (non-hydrogen) atoms. The van der Waals surface area contributed by atoms with Crippen LogP contribution >= 0.6 is 23.4 Å². The van der Waals surface area contributed by atoms with Gasteiger partial charge in [0.05, 0.1) is 9.82 Å². The molecule has 2 N–H and O–H groups in total. The first-order chi connectivity index (χ1) is 28.9. The largest absolute Gasteiger partial charge is 0.376 e. The van der Waals surface area contributed by atoms with Gasteiger partial charge in [0.25, 0.3) is 21.6 Å². The van der Waals surface area contributed by atoms with E-state index in [4.69, 9.17) is 11.6 Å². The number of sulfonamides is 1. The van der Waals surface area contributed by atoms with Gasteiger partial charge < -0.3 is 10.2 Å². The van der Waals surface area contributed by atoms with Crippen LogP contribution in [0, 0.1) is 10.1 Å². The van der Waals surface area contributed by atoms with Gasteiger partial charge in [0.2, 0.25) is 0 Å². The Hall–Kier alpha value is -4.92. The minimum absolute atomic E-state index is 0.133. The van der Waals surface area contributed by atoms with Gasteiger partial charge in [-0.2, -0.15) is 0 Å². The summed E-state index contributed by atoms with van der Waals surface area (Å²) in [5, 5.41) is 16.4. The fraction of sp³-hybridized carbons (Fsp3) is 0.326. The Labute approximate surface area is 362 Å². The van der Waals surface area contributed by atoms with E-state index in [-0.39, 0.29) is 27.9 Å². The number of thioether (sulfide) groups is 1. The second-order valence-corrected chi connectivity index (χ2v) is 18.8. The van der Waals surface area contributed by atoms with Gasteiger partial charge in [-0.3, -0.25) is 24.7 Å². The van der Waals surface area contributed by atoms with Crippen LogP contribution in [0.1, 0.15) is 49.0 Å². The van der Waals surface area contributed by atoms with Crippen molar-refractivity contribution >= 4 is 56.4 Å². The van der Waals surface area contributed by atoms with E-state index in [9.17, 15) is 23.3 Å². The molecule has 0 aliphatic carbocycles. The zero-order chi connectivity index (χ0) is 42.2. The van der Waals surface area contributed by atoms with Gasteiger partial charge in [-0.15, -0.1) is 11.8 Å². The summed E-state index contributed by atoms with van der Waals surface area (Å²) in [5.74, 6) is -0.164. The van der Waals surface area contributed by atoms with Gasteiger partial charge in [-0.25, -0.2) is 13.1 Å². The molecule has 14 heteroatoms. The molecule has 5 aromatic rings. The summed E-state index contributed by atoms with van der Waals surface area (Å²) >= 11 is 7.79. The van der Waals surface area contributed by atoms with Crippen LogP contribution in [-0.2, 0) is 16.6 Å². The normalized spacial score (nSPS) is 17.9. The fourth-order valence-electron chi connectivity index (χ4n) is 8.11. The van der Waals surface area contributed by atoms with E-state index in [1.165, 1.54) is 23.3 Å². The number of piperazine rings is 1. The minimum Gasteiger partial charge on any atom is -0.376 e. The van der Waals surface area contributed by atoms with Gasteiger partial charge in [-0.1, -0.05) is 66.2 Å². The quantitative estimate of drug-likeness (QED) is 0.0563. The highest BCUT2D eigenvalue weighted by Gasteiger charge is 2.29. The monoisotopic (exact) mass is 866 g/mol. The van der Waals surface area contributed by atoms with E-state index in [0.29, 0.717) is 22.9 Å². The molecule has 0 radical (unpaired) electrons. The maximum Gasteiger partial charge on any atom is 0.293 e. The highest BCUT2D eigenvalue weighted by Crippen LogP contribution is 2.32. The van der Waals surface area contributed by atoms with E-state index in [2.05, 4.69) is 56.8 Å². The molecular weight excluding hydrogens is 816 g/mol. The van der Waals surface area contributed by atoms with Crippen LogP contribution in [0.25, 0.3) is 11.1 Å². The molecule has 0 bridgehead atoms. The second-order valence-electron chi connectivity index (χ2n) is 15.6. The Morgan fingerprint density at radius 3 is 2.22 bits per heavy atom. The molecule has 2 heterocycles. The van der Waals surface area contributed by atoms with Gasteiger partial charge in [0.15, 0.2) is 0 Å². The average molecular weight is 868 g/mol. The van der Waals surface area contributed by atoms with Gasteiger partial charge in [-0.05, 0) is 110 Å². The SMILES string of the molecule is C[C@@H]1CC[C@@H](C)N1CC[C@H](CSc1ccccc1)Nc1ccc(S(=O)(=O)NC(=O)c2ccc(N3CCN(Cc4ccccc4-c4ccc(Cl)cc4)CC3)cc2)cc1[N+](=O)[O-]. The number of halogens is 1. The maximum absolute atomic E-state index is 13.5. The van der Waals surface area contributed by atoms with Crippen molar-refractivity contribution in [3.63, 3.8) is 0 Å². The van der Waals surface area contributed by atoms with E-state index >= 15 is 0 Å². The van der Waals surface area contributed by atoms with Gasteiger partial charge >= 0.3 is 0 Å². The minimum atomic E-state index is -4.44. The third kappa shape index (κ3) is 10.9. The van der Waals surface area contributed by atoms with Crippen molar-refractivity contribution in [3.05, 3.63) is 148 Å². The molecule has 3 atom stereocenters. The number of hydrogen-bond acceptors (Lipinski definition) is 10. The molecule has 0 aromatic heterocycles. The number of amides is 1. The molecule has 314 valence electrons. The zero-order valence-corrected chi connectivity index (χ0v) is 36.3. The topological polar surface area (TPSA) is 128 Å². The van der Waals surface area contributed by atoms with Crippen molar-refractivity contribution in [1.82, 2.24) is 14.5 Å². The van der Waals surface area contributed by atoms with Crippen molar-refractivity contribution in [1.29, 1.82) is 0 Å². The van der Waals surface area contributed by atoms with Crippen LogP contribution in [0.3, 0.4) is 0 Å². The number of anilines is 2. The van der Waals surface area contributed by atoms with Crippen molar-refractivity contribution < 1.29 is 18.1 Å². The van der Waals surface area contributed by atoms with E-state index < -0.39 is 20.9 Å². The molecule has 0 unspecified atom stereocenters. The number of nitro benzene ring substituents is 1. The van der Waals surface area contributed by atoms with Crippen LogP contribution in [0.15, 0.2) is 131 Å². The number of rotatable bonds is 16. The first-order valence-electron chi connectivity index (χ1n) is 20.4. The maximum atomic E-state index is 13.5. The molecule has 2 saturated heterocycles. The number of nitrogens with zero attached hydrogens (tertiary/aromatic N) is 4. The third-order valence-corrected chi connectivity index (χ3v) is 14.3. The van der Waals surface area contributed by atoms with Gasteiger partial charge in [0.1, 0.15) is 5.69 Å². The Balaban J connectivity index is 0.965. The summed E-state index contributed by atoms with van der Waals surface area (Å²) in [4.78, 5) is 32.9. The van der Waals surface area contributed by atoms with Crippen molar-refractivity contribution in [2.24, 2.45) is 0 Å². The van der Waals surface area contributed by atoms with E-state index in [1.807, 2.05) is 72.8 Å². The van der Waals surface area contributed by atoms with Crippen LogP contribution in [0.4, 0.5) is 17.1 Å². The fourth-order valence-corrected chi connectivity index (χ4v) is 10.2. The molecule has 0 spiro atoms. The molecule has 2 fully saturated rings. The highest BCUT2D eigenvalue weighted by atomic mass is 35.5. The summed E-state index contributed by atoms with van der Waals surface area (Å²) < 4.78 is 29.1. The molecular formula is C46H51ClN6O5S2. The smallest absolute Gasteiger partial charge is 0.293 e. The standard InChI is InChI=1S/C46H51ClN6O5S2/c1-33-12-13-34(2)52(33)25-24-39(32-59-41-9-4-3-5-10-41)48-44-23-22-42(30-45(44)53(55)56)60(57,58)49-46(54)36-16-20-40(21-17-36)51-28-26-50(27-29-51)31-37-8-6-7-11-43(37)35-14-18-38(47)19-15-35/h3-11,14-23,30,33-34,39,48H,12-13,24-29,31-32H2,1-2H3,(H,49,54)/t33-,34-,39-/m1/s1. The Morgan fingerprint density at radius 1 is 0.867 bits per heavy atom. The molecule has 11 nitrogen and oxygen atoms in total. The summed E-state index contributed by atoms with van der Waals surface area (Å²) in [6, 6.07) is 37.7. The van der Waals surface area contributed by atoms with Crippen LogP contribution < -0.4 is 14.9 Å². The predicted octanol–water partition coefficient (Wildman–Crippen LogP) is 9.19. The summed E-state index contributed by atoms with van der Waals surface area (Å²) in [5.41, 5.74) is 4.50. The Bertz CT molecular complexity index is 2350. The van der Waals surface area contributed by atoms with Crippen LogP contribution in [-0.4, -0.2) is 85.7 Å². The molecule has 1 amide bonds. The first kappa shape index (κ1) is 43.2. The molecule has 7 rings (SSSR count). The van der Waals surface area contributed by atoms with Crippen LogP contribution in [0.2, 0.25) is 5.02 Å².